The third kappa shape index (κ3) is 3.42. The second-order valence-corrected chi connectivity index (χ2v) is 4.92. The minimum Gasteiger partial charge on any atom is -0.409 e. The Kier molecular flexibility index (Phi) is 4.45. The molecule has 17 heavy (non-hydrogen) atoms. The SMILES string of the molecule is Cc1nc(C)c(C(=O)N(C)CCC(N)=NO)s1. The quantitative estimate of drug-likeness (QED) is 0.363. The average molecular weight is 256 g/mol. The predicted molar refractivity (Wildman–Crippen MR) is 66.6 cm³/mol. The summed E-state index contributed by atoms with van der Waals surface area (Å²) in [6.45, 7) is 4.09. The molecule has 0 aromatic carbocycles. The van der Waals surface area contributed by atoms with Crippen LogP contribution in [0.4, 0.5) is 0 Å². The number of amides is 1. The van der Waals surface area contributed by atoms with Gasteiger partial charge in [0.2, 0.25) is 0 Å². The van der Waals surface area contributed by atoms with E-state index in [1.54, 1.807) is 7.05 Å². The van der Waals surface area contributed by atoms with Gasteiger partial charge < -0.3 is 15.8 Å². The molecule has 0 unspecified atom stereocenters. The molecule has 0 bridgehead atoms. The number of thiazole rings is 1. The molecule has 1 rings (SSSR count). The van der Waals surface area contributed by atoms with E-state index in [9.17, 15) is 4.79 Å². The maximum atomic E-state index is 12.0. The number of nitrogens with two attached hydrogens (primary N) is 1. The Hall–Kier alpha value is -1.63. The standard InChI is InChI=1S/C10H16N4O2S/c1-6-9(17-7(2)12-6)10(15)14(3)5-4-8(11)13-16/h16H,4-5H2,1-3H3,(H2,11,13). The summed E-state index contributed by atoms with van der Waals surface area (Å²) in [5.41, 5.74) is 6.09. The zero-order valence-electron chi connectivity index (χ0n) is 10.1. The van der Waals surface area contributed by atoms with Crippen LogP contribution in [0.5, 0.6) is 0 Å². The number of oxime groups is 1. The summed E-state index contributed by atoms with van der Waals surface area (Å²) in [7, 11) is 1.68. The molecule has 94 valence electrons. The molecule has 6 nitrogen and oxygen atoms in total. The molecule has 3 N–H and O–H groups in total. The number of nitrogens with zero attached hydrogens (tertiary/aromatic N) is 3. The summed E-state index contributed by atoms with van der Waals surface area (Å²) in [6.07, 6.45) is 0.343. The number of hydrogen-bond acceptors (Lipinski definition) is 5. The Morgan fingerprint density at radius 1 is 1.59 bits per heavy atom. The molecule has 0 spiro atoms. The van der Waals surface area contributed by atoms with Crippen LogP contribution in [0.25, 0.3) is 0 Å². The van der Waals surface area contributed by atoms with Crippen molar-refractivity contribution >= 4 is 23.1 Å². The first-order valence-electron chi connectivity index (χ1n) is 5.11. The number of aryl methyl sites for hydroxylation is 2. The lowest BCUT2D eigenvalue weighted by molar-refractivity contribution is 0.0802. The summed E-state index contributed by atoms with van der Waals surface area (Å²) in [6, 6.07) is 0. The monoisotopic (exact) mass is 256 g/mol. The maximum absolute atomic E-state index is 12.0. The summed E-state index contributed by atoms with van der Waals surface area (Å²) < 4.78 is 0. The molecule has 1 amide bonds. The first-order valence-corrected chi connectivity index (χ1v) is 5.93. The fraction of sp³-hybridized carbons (Fsp3) is 0.500. The van der Waals surface area contributed by atoms with Gasteiger partial charge in [-0.1, -0.05) is 5.16 Å². The van der Waals surface area contributed by atoms with E-state index < -0.39 is 0 Å². The molecule has 0 saturated carbocycles. The number of rotatable bonds is 4. The van der Waals surface area contributed by atoms with Crippen molar-refractivity contribution in [1.82, 2.24) is 9.88 Å². The van der Waals surface area contributed by atoms with Crippen molar-refractivity contribution in [3.8, 4) is 0 Å². The maximum Gasteiger partial charge on any atom is 0.265 e. The zero-order chi connectivity index (χ0) is 13.0. The van der Waals surface area contributed by atoms with Crippen molar-refractivity contribution in [2.45, 2.75) is 20.3 Å². The Labute approximate surface area is 104 Å². The van der Waals surface area contributed by atoms with Crippen LogP contribution in [0.3, 0.4) is 0 Å². The minimum absolute atomic E-state index is 0.0844. The van der Waals surface area contributed by atoms with Gasteiger partial charge in [0, 0.05) is 20.0 Å². The van der Waals surface area contributed by atoms with Crippen LogP contribution in [0, 0.1) is 13.8 Å². The van der Waals surface area contributed by atoms with Crippen molar-refractivity contribution in [2.24, 2.45) is 10.9 Å². The van der Waals surface area contributed by atoms with Crippen LogP contribution in [0.2, 0.25) is 0 Å². The number of carbonyl (C=O) groups excluding carboxylic acids is 1. The summed E-state index contributed by atoms with van der Waals surface area (Å²) >= 11 is 1.38. The van der Waals surface area contributed by atoms with Gasteiger partial charge in [-0.15, -0.1) is 11.3 Å². The van der Waals surface area contributed by atoms with Crippen LogP contribution in [-0.4, -0.2) is 40.4 Å². The van der Waals surface area contributed by atoms with Crippen molar-refractivity contribution < 1.29 is 10.0 Å². The van der Waals surface area contributed by atoms with Crippen molar-refractivity contribution in [3.63, 3.8) is 0 Å². The third-order valence-corrected chi connectivity index (χ3v) is 3.34. The van der Waals surface area contributed by atoms with Gasteiger partial charge in [-0.25, -0.2) is 4.98 Å². The van der Waals surface area contributed by atoms with E-state index in [4.69, 9.17) is 10.9 Å². The highest BCUT2D eigenvalue weighted by molar-refractivity contribution is 7.13. The normalized spacial score (nSPS) is 11.6. The highest BCUT2D eigenvalue weighted by Gasteiger charge is 2.17. The topological polar surface area (TPSA) is 91.8 Å². The molecule has 0 aliphatic carbocycles. The van der Waals surface area contributed by atoms with Gasteiger partial charge >= 0.3 is 0 Å². The molecule has 0 radical (unpaired) electrons. The lowest BCUT2D eigenvalue weighted by Crippen LogP contribution is -2.30. The second-order valence-electron chi connectivity index (χ2n) is 3.72. The van der Waals surface area contributed by atoms with Gasteiger partial charge in [0.05, 0.1) is 10.7 Å². The van der Waals surface area contributed by atoms with Gasteiger partial charge in [-0.3, -0.25) is 4.79 Å². The highest BCUT2D eigenvalue weighted by Crippen LogP contribution is 2.18. The third-order valence-electron chi connectivity index (χ3n) is 2.28. The first kappa shape index (κ1) is 13.4. The first-order chi connectivity index (χ1) is 7.95. The predicted octanol–water partition coefficient (Wildman–Crippen LogP) is 0.968. The van der Waals surface area contributed by atoms with Gasteiger partial charge in [-0.2, -0.15) is 0 Å². The van der Waals surface area contributed by atoms with Crippen molar-refractivity contribution in [2.75, 3.05) is 13.6 Å². The average Bonchev–Trinajstić information content (AvgIpc) is 2.63. The Morgan fingerprint density at radius 2 is 2.24 bits per heavy atom. The van der Waals surface area contributed by atoms with Gasteiger partial charge in [0.25, 0.3) is 5.91 Å². The minimum atomic E-state index is -0.0844. The van der Waals surface area contributed by atoms with Crippen LogP contribution in [0.15, 0.2) is 5.16 Å². The molecule has 0 atom stereocenters. The van der Waals surface area contributed by atoms with E-state index in [2.05, 4.69) is 10.1 Å². The van der Waals surface area contributed by atoms with E-state index in [1.807, 2.05) is 13.8 Å². The van der Waals surface area contributed by atoms with E-state index >= 15 is 0 Å². The van der Waals surface area contributed by atoms with Crippen LogP contribution in [0.1, 0.15) is 26.8 Å². The summed E-state index contributed by atoms with van der Waals surface area (Å²) in [5.74, 6) is 0.0284. The molecule has 7 heteroatoms. The zero-order valence-corrected chi connectivity index (χ0v) is 10.9. The molecular weight excluding hydrogens is 240 g/mol. The Bertz CT molecular complexity index is 442. The Balaban J connectivity index is 2.67. The second kappa shape index (κ2) is 5.62. The van der Waals surface area contributed by atoms with E-state index in [0.717, 1.165) is 10.7 Å². The summed E-state index contributed by atoms with van der Waals surface area (Å²) in [4.78, 5) is 18.4. The Morgan fingerprint density at radius 3 is 2.71 bits per heavy atom. The van der Waals surface area contributed by atoms with E-state index in [0.29, 0.717) is 17.8 Å². The fourth-order valence-electron chi connectivity index (χ4n) is 1.34. The van der Waals surface area contributed by atoms with Crippen molar-refractivity contribution in [3.05, 3.63) is 15.6 Å². The van der Waals surface area contributed by atoms with Crippen LogP contribution in [-0.2, 0) is 0 Å². The lowest BCUT2D eigenvalue weighted by atomic mass is 10.3. The highest BCUT2D eigenvalue weighted by atomic mass is 32.1. The lowest BCUT2D eigenvalue weighted by Gasteiger charge is -2.15. The van der Waals surface area contributed by atoms with E-state index in [1.165, 1.54) is 16.2 Å². The molecule has 1 aromatic rings. The molecular formula is C10H16N4O2S. The number of amidine groups is 1. The largest absolute Gasteiger partial charge is 0.409 e. The molecule has 0 aliphatic rings. The molecule has 1 aromatic heterocycles. The van der Waals surface area contributed by atoms with Crippen LogP contribution >= 0.6 is 11.3 Å². The number of hydrogen-bond donors (Lipinski definition) is 2. The summed E-state index contributed by atoms with van der Waals surface area (Å²) in [5, 5.41) is 12.1. The van der Waals surface area contributed by atoms with Crippen LogP contribution < -0.4 is 5.73 Å². The number of aromatic nitrogens is 1. The number of carbonyl (C=O) groups is 1. The molecule has 0 fully saturated rings. The molecule has 1 heterocycles. The van der Waals surface area contributed by atoms with Crippen molar-refractivity contribution in [1.29, 1.82) is 0 Å². The van der Waals surface area contributed by atoms with Gasteiger partial charge in [-0.05, 0) is 13.8 Å². The van der Waals surface area contributed by atoms with E-state index in [-0.39, 0.29) is 11.7 Å². The van der Waals surface area contributed by atoms with Gasteiger partial charge in [0.15, 0.2) is 0 Å². The fourth-order valence-corrected chi connectivity index (χ4v) is 2.25. The smallest absolute Gasteiger partial charge is 0.265 e. The molecule has 0 aliphatic heterocycles. The molecule has 0 saturated heterocycles. The van der Waals surface area contributed by atoms with Gasteiger partial charge in [0.1, 0.15) is 10.7 Å².